The molecule has 0 bridgehead atoms. The van der Waals surface area contributed by atoms with E-state index >= 15 is 0 Å². The highest BCUT2D eigenvalue weighted by Crippen LogP contribution is 2.32. The zero-order chi connectivity index (χ0) is 11.4. The molecule has 16 heavy (non-hydrogen) atoms. The number of benzene rings is 1. The van der Waals surface area contributed by atoms with Crippen LogP contribution in [0.3, 0.4) is 0 Å². The molecule has 1 fully saturated rings. The van der Waals surface area contributed by atoms with Crippen LogP contribution in [-0.2, 0) is 0 Å². The summed E-state index contributed by atoms with van der Waals surface area (Å²) in [5.41, 5.74) is 5.05. The Morgan fingerprint density at radius 3 is 2.44 bits per heavy atom. The predicted octanol–water partition coefficient (Wildman–Crippen LogP) is 2.78. The summed E-state index contributed by atoms with van der Waals surface area (Å²) in [5.74, 6) is 0.678. The molecular weight excluding hydrogens is 196 g/mol. The fourth-order valence-corrected chi connectivity index (χ4v) is 2.72. The molecular formula is C14H22N2. The summed E-state index contributed by atoms with van der Waals surface area (Å²) in [6, 6.07) is 11.5. The van der Waals surface area contributed by atoms with Gasteiger partial charge in [0.1, 0.15) is 0 Å². The molecule has 1 aromatic rings. The molecule has 2 heteroatoms. The molecule has 88 valence electrons. The molecule has 2 rings (SSSR count). The summed E-state index contributed by atoms with van der Waals surface area (Å²) < 4.78 is 0. The third kappa shape index (κ3) is 2.83. The molecule has 1 aliphatic carbocycles. The Balaban J connectivity index is 2.10. The molecule has 0 spiro atoms. The molecule has 2 nitrogen and oxygen atoms in total. The van der Waals surface area contributed by atoms with Gasteiger partial charge in [-0.3, -0.25) is 10.4 Å². The van der Waals surface area contributed by atoms with E-state index in [0.29, 0.717) is 12.0 Å². The van der Waals surface area contributed by atoms with Gasteiger partial charge in [-0.25, -0.2) is 0 Å². The average molecular weight is 218 g/mol. The van der Waals surface area contributed by atoms with Crippen LogP contribution < -0.4 is 5.43 Å². The molecule has 0 saturated heterocycles. The van der Waals surface area contributed by atoms with E-state index in [-0.39, 0.29) is 0 Å². The summed E-state index contributed by atoms with van der Waals surface area (Å²) >= 11 is 0. The summed E-state index contributed by atoms with van der Waals surface area (Å²) in [6.45, 7) is 0. The van der Waals surface area contributed by atoms with Crippen LogP contribution in [-0.4, -0.2) is 25.1 Å². The van der Waals surface area contributed by atoms with Crippen molar-refractivity contribution in [2.75, 3.05) is 14.1 Å². The topological polar surface area (TPSA) is 15.3 Å². The van der Waals surface area contributed by atoms with E-state index in [9.17, 15) is 0 Å². The summed E-state index contributed by atoms with van der Waals surface area (Å²) in [4.78, 5) is 0. The Kier molecular flexibility index (Phi) is 3.97. The first-order valence-corrected chi connectivity index (χ1v) is 6.26. The SMILES string of the molecule is CN(C)NC1CCCCC1c1ccccc1. The number of rotatable bonds is 3. The van der Waals surface area contributed by atoms with Gasteiger partial charge in [-0.15, -0.1) is 0 Å². The van der Waals surface area contributed by atoms with Crippen molar-refractivity contribution >= 4 is 0 Å². The number of hydrogen-bond donors (Lipinski definition) is 1. The van der Waals surface area contributed by atoms with Gasteiger partial charge in [0.2, 0.25) is 0 Å². The number of hydrazine groups is 1. The Morgan fingerprint density at radius 1 is 1.06 bits per heavy atom. The van der Waals surface area contributed by atoms with Crippen molar-refractivity contribution in [1.29, 1.82) is 0 Å². The smallest absolute Gasteiger partial charge is 0.0283 e. The van der Waals surface area contributed by atoms with Crippen LogP contribution in [0.2, 0.25) is 0 Å². The van der Waals surface area contributed by atoms with E-state index in [1.165, 1.54) is 31.2 Å². The lowest BCUT2D eigenvalue weighted by atomic mass is 9.80. The van der Waals surface area contributed by atoms with Gasteiger partial charge in [0.05, 0.1) is 0 Å². The van der Waals surface area contributed by atoms with Gasteiger partial charge < -0.3 is 0 Å². The molecule has 1 aliphatic rings. The van der Waals surface area contributed by atoms with E-state index in [4.69, 9.17) is 0 Å². The van der Waals surface area contributed by atoms with Crippen LogP contribution in [0, 0.1) is 0 Å². The molecule has 0 heterocycles. The Morgan fingerprint density at radius 2 is 1.75 bits per heavy atom. The second-order valence-electron chi connectivity index (χ2n) is 4.93. The molecule has 2 unspecified atom stereocenters. The molecule has 0 radical (unpaired) electrons. The highest BCUT2D eigenvalue weighted by molar-refractivity contribution is 5.21. The van der Waals surface area contributed by atoms with Crippen LogP contribution in [0.1, 0.15) is 37.2 Å². The van der Waals surface area contributed by atoms with Crippen molar-refractivity contribution in [3.63, 3.8) is 0 Å². The van der Waals surface area contributed by atoms with Crippen molar-refractivity contribution in [3.8, 4) is 0 Å². The Bertz CT molecular complexity index is 308. The van der Waals surface area contributed by atoms with Crippen LogP contribution in [0.15, 0.2) is 30.3 Å². The average Bonchev–Trinajstić information content (AvgIpc) is 2.30. The standard InChI is InChI=1S/C14H22N2/c1-16(2)15-14-11-7-6-10-13(14)12-8-4-3-5-9-12/h3-5,8-9,13-15H,6-7,10-11H2,1-2H3. The zero-order valence-corrected chi connectivity index (χ0v) is 10.3. The second-order valence-corrected chi connectivity index (χ2v) is 4.93. The van der Waals surface area contributed by atoms with Crippen molar-refractivity contribution in [3.05, 3.63) is 35.9 Å². The van der Waals surface area contributed by atoms with Crippen molar-refractivity contribution in [2.45, 2.75) is 37.6 Å². The highest BCUT2D eigenvalue weighted by Gasteiger charge is 2.26. The lowest BCUT2D eigenvalue weighted by Crippen LogP contribution is -2.44. The van der Waals surface area contributed by atoms with E-state index in [2.05, 4.69) is 54.9 Å². The summed E-state index contributed by atoms with van der Waals surface area (Å²) in [6.07, 6.45) is 5.33. The van der Waals surface area contributed by atoms with Crippen molar-refractivity contribution in [2.24, 2.45) is 0 Å². The lowest BCUT2D eigenvalue weighted by molar-refractivity contribution is 0.189. The first-order chi connectivity index (χ1) is 7.77. The molecule has 0 amide bonds. The highest BCUT2D eigenvalue weighted by atomic mass is 15.5. The van der Waals surface area contributed by atoms with Crippen LogP contribution in [0.25, 0.3) is 0 Å². The minimum Gasteiger partial charge on any atom is -0.252 e. The number of hydrogen-bond acceptors (Lipinski definition) is 2. The maximum absolute atomic E-state index is 3.56. The van der Waals surface area contributed by atoms with E-state index in [1.54, 1.807) is 0 Å². The van der Waals surface area contributed by atoms with Gasteiger partial charge >= 0.3 is 0 Å². The predicted molar refractivity (Wildman–Crippen MR) is 68.3 cm³/mol. The maximum atomic E-state index is 3.56. The number of nitrogens with zero attached hydrogens (tertiary/aromatic N) is 1. The van der Waals surface area contributed by atoms with Gasteiger partial charge in [-0.05, 0) is 18.4 Å². The molecule has 0 aliphatic heterocycles. The normalized spacial score (nSPS) is 25.9. The molecule has 1 N–H and O–H groups in total. The minimum atomic E-state index is 0.603. The van der Waals surface area contributed by atoms with Gasteiger partial charge in [0.15, 0.2) is 0 Å². The van der Waals surface area contributed by atoms with E-state index in [0.717, 1.165) is 0 Å². The fourth-order valence-electron chi connectivity index (χ4n) is 2.72. The van der Waals surface area contributed by atoms with Gasteiger partial charge in [0, 0.05) is 26.1 Å². The second kappa shape index (κ2) is 5.46. The number of nitrogens with one attached hydrogen (secondary N) is 1. The van der Waals surface area contributed by atoms with Gasteiger partial charge in [-0.2, -0.15) is 0 Å². The molecule has 1 saturated carbocycles. The molecule has 0 aromatic heterocycles. The summed E-state index contributed by atoms with van der Waals surface area (Å²) in [7, 11) is 4.16. The summed E-state index contributed by atoms with van der Waals surface area (Å²) in [5, 5.41) is 2.09. The fraction of sp³-hybridized carbons (Fsp3) is 0.571. The van der Waals surface area contributed by atoms with Crippen molar-refractivity contribution < 1.29 is 0 Å². The monoisotopic (exact) mass is 218 g/mol. The Labute approximate surface area is 98.6 Å². The largest absolute Gasteiger partial charge is 0.252 e. The van der Waals surface area contributed by atoms with E-state index < -0.39 is 0 Å². The maximum Gasteiger partial charge on any atom is 0.0283 e. The lowest BCUT2D eigenvalue weighted by Gasteiger charge is -2.34. The van der Waals surface area contributed by atoms with Crippen LogP contribution in [0.5, 0.6) is 0 Å². The zero-order valence-electron chi connectivity index (χ0n) is 10.3. The first-order valence-electron chi connectivity index (χ1n) is 6.26. The molecule has 2 atom stereocenters. The third-order valence-electron chi connectivity index (χ3n) is 3.42. The van der Waals surface area contributed by atoms with Gasteiger partial charge in [0.25, 0.3) is 0 Å². The Hall–Kier alpha value is -0.860. The van der Waals surface area contributed by atoms with Crippen LogP contribution in [0.4, 0.5) is 0 Å². The third-order valence-corrected chi connectivity index (χ3v) is 3.42. The quantitative estimate of drug-likeness (QED) is 0.785. The van der Waals surface area contributed by atoms with Crippen molar-refractivity contribution in [1.82, 2.24) is 10.4 Å². The van der Waals surface area contributed by atoms with E-state index in [1.807, 2.05) is 0 Å². The molecule has 1 aromatic carbocycles. The van der Waals surface area contributed by atoms with Crippen LogP contribution >= 0.6 is 0 Å². The van der Waals surface area contributed by atoms with Gasteiger partial charge in [-0.1, -0.05) is 43.2 Å². The minimum absolute atomic E-state index is 0.603. The first kappa shape index (κ1) is 11.6.